The van der Waals surface area contributed by atoms with Crippen molar-refractivity contribution in [2.75, 3.05) is 12.4 Å². The van der Waals surface area contributed by atoms with Gasteiger partial charge in [0.05, 0.1) is 24.2 Å². The van der Waals surface area contributed by atoms with E-state index in [4.69, 9.17) is 18.8 Å². The summed E-state index contributed by atoms with van der Waals surface area (Å²) in [4.78, 5) is 38.0. The summed E-state index contributed by atoms with van der Waals surface area (Å²) in [5, 5.41) is 0. The number of carbonyl (C=O) groups is 3. The summed E-state index contributed by atoms with van der Waals surface area (Å²) in [5.41, 5.74) is 0. The second-order valence-corrected chi connectivity index (χ2v) is 12.6. The Morgan fingerprint density at radius 3 is 2.50 bits per heavy atom. The zero-order chi connectivity index (χ0) is 24.0. The van der Waals surface area contributed by atoms with Gasteiger partial charge in [-0.2, -0.15) is 8.42 Å². The average molecular weight is 499 g/mol. The predicted octanol–water partition coefficient (Wildman–Crippen LogP) is 2.52. The van der Waals surface area contributed by atoms with Gasteiger partial charge in [-0.05, 0) is 56.3 Å². The zero-order valence-corrected chi connectivity index (χ0v) is 20.1. The lowest BCUT2D eigenvalue weighted by molar-refractivity contribution is -0.166. The molecule has 1 N–H and O–H groups in total. The predicted molar refractivity (Wildman–Crippen MR) is 118 cm³/mol. The summed E-state index contributed by atoms with van der Waals surface area (Å²) in [5.74, 6) is -1.53. The molecule has 9 nitrogen and oxygen atoms in total. The highest BCUT2D eigenvalue weighted by molar-refractivity contribution is 7.85. The maximum Gasteiger partial charge on any atom is 0.310 e. The fourth-order valence-corrected chi connectivity index (χ4v) is 8.10. The van der Waals surface area contributed by atoms with Gasteiger partial charge in [0.25, 0.3) is 10.1 Å². The van der Waals surface area contributed by atoms with Gasteiger partial charge in [0, 0.05) is 18.3 Å². The molecule has 1 heterocycles. The Kier molecular flexibility index (Phi) is 6.65. The van der Waals surface area contributed by atoms with Gasteiger partial charge in [0.1, 0.15) is 12.2 Å². The van der Waals surface area contributed by atoms with Gasteiger partial charge < -0.3 is 14.2 Å². The van der Waals surface area contributed by atoms with E-state index < -0.39 is 51.9 Å². The molecule has 0 spiro atoms. The number of esters is 3. The van der Waals surface area contributed by atoms with E-state index >= 15 is 0 Å². The first-order valence-electron chi connectivity index (χ1n) is 12.7. The molecular formula is C24H34O9S. The third-order valence-electron chi connectivity index (χ3n) is 8.86. The van der Waals surface area contributed by atoms with E-state index in [0.29, 0.717) is 18.8 Å². The van der Waals surface area contributed by atoms with Crippen molar-refractivity contribution < 1.29 is 41.6 Å². The Bertz CT molecular complexity index is 919. The van der Waals surface area contributed by atoms with Crippen LogP contribution in [0.2, 0.25) is 0 Å². The fraction of sp³-hybridized carbons (Fsp3) is 0.875. The SMILES string of the molecule is O=C(CCC1CC2CCCC(C2)C1)OC1C2CC3C1OC(=O)C3C2C(=O)OCCCS(=O)(=O)O. The highest BCUT2D eigenvalue weighted by atomic mass is 32.2. The summed E-state index contributed by atoms with van der Waals surface area (Å²) in [6, 6.07) is 0. The third kappa shape index (κ3) is 4.85. The van der Waals surface area contributed by atoms with Crippen LogP contribution in [0, 0.1) is 41.4 Å². The van der Waals surface area contributed by atoms with Crippen molar-refractivity contribution in [1.29, 1.82) is 0 Å². The Morgan fingerprint density at radius 1 is 1.06 bits per heavy atom. The first-order valence-corrected chi connectivity index (χ1v) is 14.3. The standard InChI is InChI=1S/C24H34O9S/c25-18(6-5-15-10-13-3-1-4-14(9-13)11-15)32-21-16-12-17-20(24(27)33-22(17)21)19(16)23(26)31-7-2-8-34(28,29)30/h13-17,19-22H,1-12H2,(H,28,29,30). The molecule has 5 rings (SSSR count). The van der Waals surface area contributed by atoms with Crippen LogP contribution < -0.4 is 0 Å². The molecule has 34 heavy (non-hydrogen) atoms. The Labute approximate surface area is 200 Å². The minimum atomic E-state index is -4.13. The number of ether oxygens (including phenoxy) is 3. The Balaban J connectivity index is 1.15. The van der Waals surface area contributed by atoms with Crippen LogP contribution >= 0.6 is 0 Å². The number of hydrogen-bond donors (Lipinski definition) is 1. The smallest absolute Gasteiger partial charge is 0.310 e. The van der Waals surface area contributed by atoms with Gasteiger partial charge in [-0.3, -0.25) is 18.9 Å². The molecule has 0 radical (unpaired) electrons. The van der Waals surface area contributed by atoms with Gasteiger partial charge in [-0.15, -0.1) is 0 Å². The van der Waals surface area contributed by atoms with Crippen molar-refractivity contribution in [1.82, 2.24) is 0 Å². The van der Waals surface area contributed by atoms with E-state index in [1.54, 1.807) is 0 Å². The van der Waals surface area contributed by atoms with E-state index in [0.717, 1.165) is 18.3 Å². The van der Waals surface area contributed by atoms with Gasteiger partial charge in [-0.1, -0.05) is 19.3 Å². The van der Waals surface area contributed by atoms with Crippen LogP contribution in [-0.4, -0.2) is 55.4 Å². The third-order valence-corrected chi connectivity index (χ3v) is 9.66. The summed E-state index contributed by atoms with van der Waals surface area (Å²) < 4.78 is 47.0. The van der Waals surface area contributed by atoms with Crippen LogP contribution in [0.15, 0.2) is 0 Å². The van der Waals surface area contributed by atoms with Gasteiger partial charge >= 0.3 is 17.9 Å². The molecule has 1 aliphatic heterocycles. The molecule has 0 aromatic heterocycles. The van der Waals surface area contributed by atoms with E-state index in [1.807, 2.05) is 0 Å². The maximum absolute atomic E-state index is 12.8. The highest BCUT2D eigenvalue weighted by Crippen LogP contribution is 2.59. The molecular weight excluding hydrogens is 464 g/mol. The van der Waals surface area contributed by atoms with Crippen molar-refractivity contribution in [3.05, 3.63) is 0 Å². The van der Waals surface area contributed by atoms with Crippen LogP contribution in [0.4, 0.5) is 0 Å². The lowest BCUT2D eigenvalue weighted by Gasteiger charge is -2.39. The normalized spacial score (nSPS) is 40.1. The molecule has 8 atom stereocenters. The van der Waals surface area contributed by atoms with E-state index in [2.05, 4.69) is 0 Å². The van der Waals surface area contributed by atoms with E-state index in [9.17, 15) is 22.8 Å². The van der Waals surface area contributed by atoms with Gasteiger partial charge in [0.15, 0.2) is 0 Å². The molecule has 5 fully saturated rings. The van der Waals surface area contributed by atoms with Crippen LogP contribution in [0.25, 0.3) is 0 Å². The topological polar surface area (TPSA) is 133 Å². The quantitative estimate of drug-likeness (QED) is 0.220. The molecule has 8 unspecified atom stereocenters. The molecule has 0 amide bonds. The van der Waals surface area contributed by atoms with Gasteiger partial charge in [0.2, 0.25) is 0 Å². The largest absolute Gasteiger partial charge is 0.465 e. The molecule has 10 heteroatoms. The Morgan fingerprint density at radius 2 is 1.79 bits per heavy atom. The summed E-state index contributed by atoms with van der Waals surface area (Å²) in [6.07, 6.45) is 8.25. The molecule has 190 valence electrons. The molecule has 1 saturated heterocycles. The second-order valence-electron chi connectivity index (χ2n) is 11.1. The van der Waals surface area contributed by atoms with E-state index in [1.165, 1.54) is 38.5 Å². The van der Waals surface area contributed by atoms with Crippen molar-refractivity contribution in [2.45, 2.75) is 76.4 Å². The summed E-state index contributed by atoms with van der Waals surface area (Å²) in [7, 11) is -4.13. The van der Waals surface area contributed by atoms with Crippen LogP contribution in [0.1, 0.15) is 64.2 Å². The minimum absolute atomic E-state index is 0.0373. The monoisotopic (exact) mass is 498 g/mol. The highest BCUT2D eigenvalue weighted by Gasteiger charge is 2.70. The lowest BCUT2D eigenvalue weighted by Crippen LogP contribution is -2.43. The van der Waals surface area contributed by atoms with E-state index in [-0.39, 0.29) is 30.8 Å². The second kappa shape index (κ2) is 9.41. The van der Waals surface area contributed by atoms with Crippen molar-refractivity contribution in [3.63, 3.8) is 0 Å². The summed E-state index contributed by atoms with van der Waals surface area (Å²) in [6.45, 7) is -0.175. The van der Waals surface area contributed by atoms with Crippen LogP contribution in [0.5, 0.6) is 0 Å². The van der Waals surface area contributed by atoms with Crippen LogP contribution in [-0.2, 0) is 38.7 Å². The van der Waals surface area contributed by atoms with Crippen molar-refractivity contribution in [2.24, 2.45) is 41.4 Å². The van der Waals surface area contributed by atoms with Gasteiger partial charge in [-0.25, -0.2) is 0 Å². The van der Waals surface area contributed by atoms with Crippen molar-refractivity contribution in [3.8, 4) is 0 Å². The fourth-order valence-electron chi connectivity index (χ4n) is 7.62. The molecule has 4 bridgehead atoms. The first-order chi connectivity index (χ1) is 16.2. The Hall–Kier alpha value is -1.68. The van der Waals surface area contributed by atoms with Crippen LogP contribution in [0.3, 0.4) is 0 Å². The number of fused-ring (bicyclic) bond motifs is 3. The number of carbonyl (C=O) groups excluding carboxylic acids is 3. The summed E-state index contributed by atoms with van der Waals surface area (Å²) >= 11 is 0. The molecule has 0 aromatic rings. The molecule has 4 aliphatic carbocycles. The average Bonchev–Trinajstić information content (AvgIpc) is 3.38. The zero-order valence-electron chi connectivity index (χ0n) is 19.3. The van der Waals surface area contributed by atoms with Crippen molar-refractivity contribution >= 4 is 28.0 Å². The lowest BCUT2D eigenvalue weighted by atomic mass is 9.67. The number of hydrogen-bond acceptors (Lipinski definition) is 8. The first kappa shape index (κ1) is 24.0. The minimum Gasteiger partial charge on any atom is -0.465 e. The maximum atomic E-state index is 12.8. The number of rotatable bonds is 9. The molecule has 5 aliphatic rings. The molecule has 4 saturated carbocycles. The molecule has 0 aromatic carbocycles.